The van der Waals surface area contributed by atoms with Gasteiger partial charge in [-0.25, -0.2) is 0 Å². The van der Waals surface area contributed by atoms with Crippen molar-refractivity contribution in [1.29, 1.82) is 0 Å². The number of benzene rings is 1. The molecule has 2 atom stereocenters. The summed E-state index contributed by atoms with van der Waals surface area (Å²) in [7, 11) is 1.64. The third kappa shape index (κ3) is 3.21. The van der Waals surface area contributed by atoms with Gasteiger partial charge in [0.15, 0.2) is 0 Å². The number of piperidine rings is 1. The molecular formula is C17H24N2O2. The molecule has 1 aromatic carbocycles. The van der Waals surface area contributed by atoms with Crippen LogP contribution in [0.4, 0.5) is 0 Å². The Morgan fingerprint density at radius 1 is 1.24 bits per heavy atom. The molecule has 0 aliphatic carbocycles. The van der Waals surface area contributed by atoms with Crippen molar-refractivity contribution >= 4 is 5.91 Å². The van der Waals surface area contributed by atoms with Crippen LogP contribution in [-0.4, -0.2) is 44.1 Å². The first-order chi connectivity index (χ1) is 10.3. The van der Waals surface area contributed by atoms with Crippen LogP contribution in [0, 0.1) is 11.8 Å². The van der Waals surface area contributed by atoms with Gasteiger partial charge < -0.3 is 15.0 Å². The second kappa shape index (κ2) is 6.48. The van der Waals surface area contributed by atoms with Gasteiger partial charge in [0.2, 0.25) is 0 Å². The summed E-state index contributed by atoms with van der Waals surface area (Å²) in [6, 6.07) is 7.44. The van der Waals surface area contributed by atoms with E-state index in [0.717, 1.165) is 49.8 Å². The molecule has 0 radical (unpaired) electrons. The van der Waals surface area contributed by atoms with Crippen molar-refractivity contribution in [2.75, 3.05) is 33.3 Å². The van der Waals surface area contributed by atoms with Crippen molar-refractivity contribution in [2.24, 2.45) is 11.8 Å². The molecule has 2 saturated heterocycles. The molecule has 21 heavy (non-hydrogen) atoms. The van der Waals surface area contributed by atoms with E-state index in [1.807, 2.05) is 29.2 Å². The predicted octanol–water partition coefficient (Wildman–Crippen LogP) is 2.16. The van der Waals surface area contributed by atoms with Gasteiger partial charge in [-0.3, -0.25) is 4.79 Å². The minimum absolute atomic E-state index is 0.160. The third-order valence-corrected chi connectivity index (χ3v) is 4.85. The maximum absolute atomic E-state index is 12.6. The van der Waals surface area contributed by atoms with E-state index in [0.29, 0.717) is 5.92 Å². The van der Waals surface area contributed by atoms with Crippen LogP contribution in [0.3, 0.4) is 0 Å². The van der Waals surface area contributed by atoms with Crippen LogP contribution in [0.5, 0.6) is 5.75 Å². The lowest BCUT2D eigenvalue weighted by Gasteiger charge is -2.35. The second-order valence-electron chi connectivity index (χ2n) is 6.13. The summed E-state index contributed by atoms with van der Waals surface area (Å²) in [6.45, 7) is 4.06. The zero-order valence-corrected chi connectivity index (χ0v) is 12.7. The summed E-state index contributed by atoms with van der Waals surface area (Å²) >= 11 is 0. The standard InChI is InChI=1S/C17H24N2O2/c1-21-16-6-4-13(5-7-16)17(20)19-10-2-3-15(12-19)14-8-9-18-11-14/h4-7,14-15,18H,2-3,8-12H2,1H3. The first kappa shape index (κ1) is 14.4. The molecule has 1 aromatic rings. The molecule has 2 aliphatic heterocycles. The van der Waals surface area contributed by atoms with Crippen LogP contribution in [0.25, 0.3) is 0 Å². The maximum atomic E-state index is 12.6. The van der Waals surface area contributed by atoms with Crippen molar-refractivity contribution in [1.82, 2.24) is 10.2 Å². The highest BCUT2D eigenvalue weighted by atomic mass is 16.5. The summed E-state index contributed by atoms with van der Waals surface area (Å²) in [6.07, 6.45) is 3.65. The number of ether oxygens (including phenoxy) is 1. The molecule has 0 aromatic heterocycles. The molecule has 2 heterocycles. The highest BCUT2D eigenvalue weighted by Gasteiger charge is 2.31. The van der Waals surface area contributed by atoms with Crippen LogP contribution in [0.1, 0.15) is 29.6 Å². The zero-order chi connectivity index (χ0) is 14.7. The Kier molecular flexibility index (Phi) is 4.44. The van der Waals surface area contributed by atoms with E-state index in [1.54, 1.807) is 7.11 Å². The summed E-state index contributed by atoms with van der Waals surface area (Å²) in [5.74, 6) is 2.36. The molecule has 2 aliphatic rings. The minimum atomic E-state index is 0.160. The Morgan fingerprint density at radius 2 is 2.05 bits per heavy atom. The van der Waals surface area contributed by atoms with E-state index in [2.05, 4.69) is 5.32 Å². The topological polar surface area (TPSA) is 41.6 Å². The number of nitrogens with zero attached hydrogens (tertiary/aromatic N) is 1. The van der Waals surface area contributed by atoms with Crippen molar-refractivity contribution in [3.05, 3.63) is 29.8 Å². The smallest absolute Gasteiger partial charge is 0.253 e. The summed E-state index contributed by atoms with van der Waals surface area (Å²) in [5.41, 5.74) is 0.765. The van der Waals surface area contributed by atoms with Crippen molar-refractivity contribution in [3.8, 4) is 5.75 Å². The Hall–Kier alpha value is -1.55. The summed E-state index contributed by atoms with van der Waals surface area (Å²) < 4.78 is 5.15. The molecule has 4 heteroatoms. The van der Waals surface area contributed by atoms with Gasteiger partial charge in [-0.15, -0.1) is 0 Å². The predicted molar refractivity (Wildman–Crippen MR) is 82.6 cm³/mol. The fraction of sp³-hybridized carbons (Fsp3) is 0.588. The molecule has 4 nitrogen and oxygen atoms in total. The molecule has 0 bridgehead atoms. The average Bonchev–Trinajstić information content (AvgIpc) is 3.09. The highest BCUT2D eigenvalue weighted by Crippen LogP contribution is 2.28. The van der Waals surface area contributed by atoms with E-state index in [-0.39, 0.29) is 5.91 Å². The van der Waals surface area contributed by atoms with Gasteiger partial charge in [0.25, 0.3) is 5.91 Å². The van der Waals surface area contributed by atoms with Gasteiger partial charge in [-0.1, -0.05) is 0 Å². The molecule has 1 N–H and O–H groups in total. The second-order valence-corrected chi connectivity index (χ2v) is 6.13. The normalized spacial score (nSPS) is 25.9. The van der Waals surface area contributed by atoms with Crippen molar-refractivity contribution in [2.45, 2.75) is 19.3 Å². The SMILES string of the molecule is COc1ccc(C(=O)N2CCCC(C3CCNC3)C2)cc1. The lowest BCUT2D eigenvalue weighted by atomic mass is 9.84. The third-order valence-electron chi connectivity index (χ3n) is 4.85. The number of nitrogens with one attached hydrogen (secondary N) is 1. The Morgan fingerprint density at radius 3 is 2.71 bits per heavy atom. The number of rotatable bonds is 3. The average molecular weight is 288 g/mol. The first-order valence-corrected chi connectivity index (χ1v) is 7.92. The van der Waals surface area contributed by atoms with Gasteiger partial charge in [-0.05, 0) is 68.5 Å². The van der Waals surface area contributed by atoms with Gasteiger partial charge in [0.05, 0.1) is 7.11 Å². The van der Waals surface area contributed by atoms with Gasteiger partial charge >= 0.3 is 0 Å². The molecule has 2 unspecified atom stereocenters. The number of hydrogen-bond acceptors (Lipinski definition) is 3. The maximum Gasteiger partial charge on any atom is 0.253 e. The minimum Gasteiger partial charge on any atom is -0.497 e. The molecule has 0 spiro atoms. The number of carbonyl (C=O) groups excluding carboxylic acids is 1. The van der Waals surface area contributed by atoms with Crippen LogP contribution < -0.4 is 10.1 Å². The molecule has 2 fully saturated rings. The van der Waals surface area contributed by atoms with Crippen LogP contribution >= 0.6 is 0 Å². The monoisotopic (exact) mass is 288 g/mol. The summed E-state index contributed by atoms with van der Waals surface area (Å²) in [4.78, 5) is 14.7. The lowest BCUT2D eigenvalue weighted by molar-refractivity contribution is 0.0634. The number of likely N-dealkylation sites (tertiary alicyclic amines) is 1. The number of hydrogen-bond donors (Lipinski definition) is 1. The molecule has 3 rings (SSSR count). The Labute approximate surface area is 126 Å². The fourth-order valence-corrected chi connectivity index (χ4v) is 3.57. The number of methoxy groups -OCH3 is 1. The number of carbonyl (C=O) groups is 1. The van der Waals surface area contributed by atoms with E-state index < -0.39 is 0 Å². The van der Waals surface area contributed by atoms with Gasteiger partial charge in [0.1, 0.15) is 5.75 Å². The van der Waals surface area contributed by atoms with Crippen molar-refractivity contribution < 1.29 is 9.53 Å². The van der Waals surface area contributed by atoms with Crippen molar-refractivity contribution in [3.63, 3.8) is 0 Å². The van der Waals surface area contributed by atoms with Crippen LogP contribution in [0.15, 0.2) is 24.3 Å². The molecule has 0 saturated carbocycles. The van der Waals surface area contributed by atoms with Gasteiger partial charge in [0, 0.05) is 18.7 Å². The highest BCUT2D eigenvalue weighted by molar-refractivity contribution is 5.94. The van der Waals surface area contributed by atoms with E-state index in [4.69, 9.17) is 4.74 Å². The van der Waals surface area contributed by atoms with E-state index >= 15 is 0 Å². The molecule has 114 valence electrons. The Bertz CT molecular complexity index is 480. The zero-order valence-electron chi connectivity index (χ0n) is 12.7. The fourth-order valence-electron chi connectivity index (χ4n) is 3.57. The molecule has 1 amide bonds. The lowest BCUT2D eigenvalue weighted by Crippen LogP contribution is -2.42. The quantitative estimate of drug-likeness (QED) is 0.926. The van der Waals surface area contributed by atoms with E-state index in [9.17, 15) is 4.79 Å². The van der Waals surface area contributed by atoms with Crippen LogP contribution in [0.2, 0.25) is 0 Å². The largest absolute Gasteiger partial charge is 0.497 e. The first-order valence-electron chi connectivity index (χ1n) is 7.92. The number of amides is 1. The van der Waals surface area contributed by atoms with Gasteiger partial charge in [-0.2, -0.15) is 0 Å². The van der Waals surface area contributed by atoms with Crippen LogP contribution in [-0.2, 0) is 0 Å². The molecular weight excluding hydrogens is 264 g/mol. The van der Waals surface area contributed by atoms with E-state index in [1.165, 1.54) is 12.8 Å². The Balaban J connectivity index is 1.65. The summed E-state index contributed by atoms with van der Waals surface area (Å²) in [5, 5.41) is 3.44.